The predicted octanol–water partition coefficient (Wildman–Crippen LogP) is 4.12. The van der Waals surface area contributed by atoms with Crippen LogP contribution in [0.4, 0.5) is 5.13 Å². The number of rotatable bonds is 5. The van der Waals surface area contributed by atoms with E-state index in [0.717, 1.165) is 4.70 Å². The van der Waals surface area contributed by atoms with Crippen LogP contribution < -0.4 is 15.6 Å². The van der Waals surface area contributed by atoms with Crippen molar-refractivity contribution in [3.63, 3.8) is 0 Å². The van der Waals surface area contributed by atoms with Gasteiger partial charge in [0, 0.05) is 12.1 Å². The van der Waals surface area contributed by atoms with E-state index in [-0.39, 0.29) is 16.2 Å². The number of ether oxygens (including phenoxy) is 1. The first kappa shape index (κ1) is 19.0. The van der Waals surface area contributed by atoms with E-state index in [2.05, 4.69) is 21.9 Å². The number of H-pyrrole nitrogens is 1. The van der Waals surface area contributed by atoms with Crippen LogP contribution in [-0.2, 0) is 6.54 Å². The summed E-state index contributed by atoms with van der Waals surface area (Å²) in [5.74, 6) is 0.313. The van der Waals surface area contributed by atoms with Gasteiger partial charge in [0.25, 0.3) is 11.5 Å². The first-order valence-corrected chi connectivity index (χ1v) is 9.87. The number of thiazole rings is 1. The van der Waals surface area contributed by atoms with Gasteiger partial charge in [0.05, 0.1) is 22.7 Å². The minimum Gasteiger partial charge on any atom is -0.494 e. The van der Waals surface area contributed by atoms with Gasteiger partial charge in [0.1, 0.15) is 11.3 Å². The molecule has 0 radical (unpaired) electrons. The molecule has 0 fully saturated rings. The fourth-order valence-corrected chi connectivity index (χ4v) is 4.15. The third-order valence-corrected chi connectivity index (χ3v) is 5.64. The van der Waals surface area contributed by atoms with Crippen molar-refractivity contribution in [2.75, 3.05) is 12.4 Å². The number of amides is 1. The molecular formula is C20H16N4O3S2. The lowest BCUT2D eigenvalue weighted by Crippen LogP contribution is -2.22. The molecule has 0 saturated carbocycles. The smallest absolute Gasteiger partial charge is 0.262 e. The molecule has 0 aliphatic rings. The Morgan fingerprint density at radius 3 is 3.00 bits per heavy atom. The Morgan fingerprint density at radius 2 is 2.24 bits per heavy atom. The maximum Gasteiger partial charge on any atom is 0.262 e. The minimum absolute atomic E-state index is 0.228. The van der Waals surface area contributed by atoms with Crippen molar-refractivity contribution >= 4 is 55.7 Å². The Hall–Kier alpha value is -3.30. The molecule has 0 unspecified atom stereocenters. The van der Waals surface area contributed by atoms with Gasteiger partial charge in [-0.1, -0.05) is 23.5 Å². The second-order valence-corrected chi connectivity index (χ2v) is 7.59. The summed E-state index contributed by atoms with van der Waals surface area (Å²) < 4.78 is 7.91. The van der Waals surface area contributed by atoms with E-state index in [0.29, 0.717) is 39.4 Å². The van der Waals surface area contributed by atoms with Crippen LogP contribution in [0.3, 0.4) is 0 Å². The third kappa shape index (κ3) is 3.45. The molecule has 2 aromatic heterocycles. The van der Waals surface area contributed by atoms with Crippen LogP contribution in [0, 0.1) is 4.77 Å². The highest BCUT2D eigenvalue weighted by Crippen LogP contribution is 2.32. The van der Waals surface area contributed by atoms with E-state index < -0.39 is 0 Å². The molecule has 0 saturated heterocycles. The van der Waals surface area contributed by atoms with E-state index in [4.69, 9.17) is 17.0 Å². The number of fused-ring (bicyclic) bond motifs is 2. The molecule has 9 heteroatoms. The molecule has 2 N–H and O–H groups in total. The second kappa shape index (κ2) is 7.61. The lowest BCUT2D eigenvalue weighted by molar-refractivity contribution is 0.102. The third-order valence-electron chi connectivity index (χ3n) is 4.38. The Morgan fingerprint density at radius 1 is 1.41 bits per heavy atom. The van der Waals surface area contributed by atoms with Gasteiger partial charge in [-0.25, -0.2) is 4.98 Å². The number of nitrogens with zero attached hydrogens (tertiary/aromatic N) is 2. The quantitative estimate of drug-likeness (QED) is 0.372. The van der Waals surface area contributed by atoms with Crippen LogP contribution >= 0.6 is 23.6 Å². The number of hydrogen-bond donors (Lipinski definition) is 2. The fourth-order valence-electron chi connectivity index (χ4n) is 3.00. The van der Waals surface area contributed by atoms with Crippen LogP contribution in [0.15, 0.2) is 53.8 Å². The average molecular weight is 425 g/mol. The van der Waals surface area contributed by atoms with Gasteiger partial charge in [-0.15, -0.1) is 6.58 Å². The molecule has 1 amide bonds. The summed E-state index contributed by atoms with van der Waals surface area (Å²) >= 11 is 6.60. The molecule has 7 nitrogen and oxygen atoms in total. The monoisotopic (exact) mass is 424 g/mol. The Labute approximate surface area is 174 Å². The highest BCUT2D eigenvalue weighted by molar-refractivity contribution is 7.71. The molecule has 0 aliphatic heterocycles. The Balaban J connectivity index is 1.69. The number of nitrogens with one attached hydrogen (secondary N) is 2. The van der Waals surface area contributed by atoms with Gasteiger partial charge in [0.2, 0.25) is 0 Å². The number of carbonyl (C=O) groups is 1. The standard InChI is InChI=1S/C20H16N4O3S2/c1-3-9-24-18(26)12-8-7-11(10-13(12)21-20(24)28)17(25)23-19-22-16-14(27-2)5-4-6-15(16)29-19/h3-8,10H,1,9H2,2H3,(H,21,28)(H,22,23,25). The van der Waals surface area contributed by atoms with Crippen LogP contribution in [-0.4, -0.2) is 27.6 Å². The first-order valence-electron chi connectivity index (χ1n) is 8.64. The molecular weight excluding hydrogens is 408 g/mol. The number of aromatic amines is 1. The zero-order valence-corrected chi connectivity index (χ0v) is 17.0. The molecule has 2 aromatic carbocycles. The van der Waals surface area contributed by atoms with Gasteiger partial charge < -0.3 is 9.72 Å². The largest absolute Gasteiger partial charge is 0.494 e. The van der Waals surface area contributed by atoms with Gasteiger partial charge in [-0.3, -0.25) is 19.5 Å². The van der Waals surface area contributed by atoms with Crippen molar-refractivity contribution in [2.45, 2.75) is 6.54 Å². The topological polar surface area (TPSA) is 89.0 Å². The Kier molecular flexibility index (Phi) is 4.99. The number of hydrogen-bond acceptors (Lipinski definition) is 6. The van der Waals surface area contributed by atoms with Crippen molar-refractivity contribution in [1.82, 2.24) is 14.5 Å². The van der Waals surface area contributed by atoms with Crippen molar-refractivity contribution in [1.29, 1.82) is 0 Å². The number of methoxy groups -OCH3 is 1. The lowest BCUT2D eigenvalue weighted by Gasteiger charge is -2.07. The van der Waals surface area contributed by atoms with Crippen LogP contribution in [0.2, 0.25) is 0 Å². The van der Waals surface area contributed by atoms with E-state index in [1.165, 1.54) is 15.9 Å². The molecule has 4 aromatic rings. The summed E-state index contributed by atoms with van der Waals surface area (Å²) in [6.07, 6.45) is 1.60. The summed E-state index contributed by atoms with van der Waals surface area (Å²) in [5, 5.41) is 3.71. The molecule has 2 heterocycles. The number of para-hydroxylation sites is 1. The van der Waals surface area contributed by atoms with Gasteiger partial charge in [-0.2, -0.15) is 0 Å². The fraction of sp³-hybridized carbons (Fsp3) is 0.100. The van der Waals surface area contributed by atoms with Crippen LogP contribution in [0.1, 0.15) is 10.4 Å². The normalized spacial score (nSPS) is 10.9. The predicted molar refractivity (Wildman–Crippen MR) is 118 cm³/mol. The summed E-state index contributed by atoms with van der Waals surface area (Å²) in [4.78, 5) is 32.7. The van der Waals surface area contributed by atoms with Gasteiger partial charge in [-0.05, 0) is 42.5 Å². The van der Waals surface area contributed by atoms with Crippen LogP contribution in [0.25, 0.3) is 21.1 Å². The molecule has 0 aliphatic carbocycles. The highest BCUT2D eigenvalue weighted by atomic mass is 32.1. The summed E-state index contributed by atoms with van der Waals surface area (Å²) in [6.45, 7) is 3.95. The Bertz CT molecular complexity index is 1380. The minimum atomic E-state index is -0.334. The maximum absolute atomic E-state index is 12.7. The van der Waals surface area contributed by atoms with E-state index in [1.54, 1.807) is 31.4 Å². The van der Waals surface area contributed by atoms with Crippen molar-refractivity contribution in [3.05, 3.63) is 69.7 Å². The highest BCUT2D eigenvalue weighted by Gasteiger charge is 2.14. The number of carbonyl (C=O) groups excluding carboxylic acids is 1. The molecule has 146 valence electrons. The van der Waals surface area contributed by atoms with E-state index in [9.17, 15) is 9.59 Å². The zero-order valence-electron chi connectivity index (χ0n) is 15.4. The maximum atomic E-state index is 12.7. The zero-order chi connectivity index (χ0) is 20.5. The van der Waals surface area contributed by atoms with Crippen LogP contribution in [0.5, 0.6) is 5.75 Å². The van der Waals surface area contributed by atoms with E-state index >= 15 is 0 Å². The van der Waals surface area contributed by atoms with Crippen molar-refractivity contribution in [3.8, 4) is 5.75 Å². The summed E-state index contributed by atoms with van der Waals surface area (Å²) in [5.41, 5.74) is 1.35. The van der Waals surface area contributed by atoms with Gasteiger partial charge in [0.15, 0.2) is 9.90 Å². The number of anilines is 1. The number of benzene rings is 2. The van der Waals surface area contributed by atoms with Crippen molar-refractivity contribution in [2.24, 2.45) is 0 Å². The molecule has 29 heavy (non-hydrogen) atoms. The SMILES string of the molecule is C=CCn1c(=S)[nH]c2cc(C(=O)Nc3nc4c(OC)cccc4s3)ccc2c1=O. The molecule has 0 atom stereocenters. The summed E-state index contributed by atoms with van der Waals surface area (Å²) in [6, 6.07) is 10.4. The molecule has 0 spiro atoms. The first-order chi connectivity index (χ1) is 14.0. The van der Waals surface area contributed by atoms with E-state index in [1.807, 2.05) is 18.2 Å². The van der Waals surface area contributed by atoms with Gasteiger partial charge >= 0.3 is 0 Å². The molecule has 4 rings (SSSR count). The average Bonchev–Trinajstić information content (AvgIpc) is 3.13. The number of aromatic nitrogens is 3. The van der Waals surface area contributed by atoms with Crippen molar-refractivity contribution < 1.29 is 9.53 Å². The summed E-state index contributed by atoms with van der Waals surface area (Å²) in [7, 11) is 1.58. The lowest BCUT2D eigenvalue weighted by atomic mass is 10.1. The molecule has 0 bridgehead atoms. The second-order valence-electron chi connectivity index (χ2n) is 6.18. The number of allylic oxidation sites excluding steroid dienone is 1.